The van der Waals surface area contributed by atoms with E-state index >= 15 is 0 Å². The zero-order valence-corrected chi connectivity index (χ0v) is 17.9. The maximum absolute atomic E-state index is 13.2. The summed E-state index contributed by atoms with van der Waals surface area (Å²) in [5.41, 5.74) is 4.94. The predicted octanol–water partition coefficient (Wildman–Crippen LogP) is 5.03. The van der Waals surface area contributed by atoms with Gasteiger partial charge in [0.2, 0.25) is 5.91 Å². The highest BCUT2D eigenvalue weighted by Crippen LogP contribution is 2.42. The van der Waals surface area contributed by atoms with E-state index in [-0.39, 0.29) is 23.5 Å². The molecule has 1 heterocycles. The molecule has 1 N–H and O–H groups in total. The Morgan fingerprint density at radius 1 is 0.933 bits per heavy atom. The Morgan fingerprint density at radius 3 is 2.27 bits per heavy atom. The molecule has 4 nitrogen and oxygen atoms in total. The molecule has 4 rings (SSSR count). The molecule has 0 spiro atoms. The van der Waals surface area contributed by atoms with E-state index in [1.165, 1.54) is 5.56 Å². The minimum atomic E-state index is -0.181. The monoisotopic (exact) mass is 403 g/mol. The van der Waals surface area contributed by atoms with Gasteiger partial charge in [-0.2, -0.15) is 0 Å². The van der Waals surface area contributed by atoms with Gasteiger partial charge in [0.15, 0.2) is 5.78 Å². The van der Waals surface area contributed by atoms with Crippen molar-refractivity contribution in [1.82, 2.24) is 5.32 Å². The minimum absolute atomic E-state index is 0.0174. The van der Waals surface area contributed by atoms with Gasteiger partial charge in [-0.15, -0.1) is 0 Å². The van der Waals surface area contributed by atoms with E-state index in [4.69, 9.17) is 4.74 Å². The van der Waals surface area contributed by atoms with Crippen LogP contribution < -0.4 is 10.1 Å². The van der Waals surface area contributed by atoms with Crippen molar-refractivity contribution in [2.75, 3.05) is 6.61 Å². The Morgan fingerprint density at radius 2 is 1.60 bits per heavy atom. The summed E-state index contributed by atoms with van der Waals surface area (Å²) in [6, 6.07) is 16.2. The number of nitrogens with one attached hydrogen (secondary N) is 1. The third-order valence-corrected chi connectivity index (χ3v) is 5.95. The molecule has 0 saturated heterocycles. The molecule has 4 heteroatoms. The Hall–Kier alpha value is -2.88. The number of carbonyl (C=O) groups is 2. The standard InChI is InChI=1S/C26H29NO3/c1-16(2)15-30-21-10-8-19(9-11-21)22-14-25(29)27-23-12-20(13-24(28)26(22)23)18-6-4-17(3)5-7-18/h4-11,16,20,22H,12-15H2,1-3H3,(H,27,29). The summed E-state index contributed by atoms with van der Waals surface area (Å²) in [5.74, 6) is 1.34. The maximum Gasteiger partial charge on any atom is 0.225 e. The number of ketones is 1. The van der Waals surface area contributed by atoms with E-state index in [0.29, 0.717) is 31.8 Å². The van der Waals surface area contributed by atoms with Crippen LogP contribution in [0.4, 0.5) is 0 Å². The summed E-state index contributed by atoms with van der Waals surface area (Å²) in [5, 5.41) is 3.00. The first kappa shape index (κ1) is 20.4. The normalized spacial score (nSPS) is 21.5. The van der Waals surface area contributed by atoms with Crippen molar-refractivity contribution in [3.63, 3.8) is 0 Å². The van der Waals surface area contributed by atoms with Crippen LogP contribution in [0.2, 0.25) is 0 Å². The summed E-state index contributed by atoms with van der Waals surface area (Å²) >= 11 is 0. The quantitative estimate of drug-likeness (QED) is 0.761. The Bertz CT molecular complexity index is 970. The first-order chi connectivity index (χ1) is 14.4. The van der Waals surface area contributed by atoms with E-state index in [1.54, 1.807) is 0 Å². The zero-order valence-electron chi connectivity index (χ0n) is 17.9. The lowest BCUT2D eigenvalue weighted by Crippen LogP contribution is -2.38. The number of hydrogen-bond donors (Lipinski definition) is 1. The number of ether oxygens (including phenoxy) is 1. The summed E-state index contributed by atoms with van der Waals surface area (Å²) < 4.78 is 5.77. The van der Waals surface area contributed by atoms with Crippen molar-refractivity contribution >= 4 is 11.7 Å². The molecule has 2 atom stereocenters. The van der Waals surface area contributed by atoms with Crippen molar-refractivity contribution in [1.29, 1.82) is 0 Å². The predicted molar refractivity (Wildman–Crippen MR) is 117 cm³/mol. The lowest BCUT2D eigenvalue weighted by atomic mass is 9.73. The fourth-order valence-corrected chi connectivity index (χ4v) is 4.38. The van der Waals surface area contributed by atoms with Crippen LogP contribution in [0.5, 0.6) is 5.75 Å². The largest absolute Gasteiger partial charge is 0.493 e. The van der Waals surface area contributed by atoms with Gasteiger partial charge < -0.3 is 10.1 Å². The maximum atomic E-state index is 13.2. The van der Waals surface area contributed by atoms with Gasteiger partial charge in [-0.1, -0.05) is 55.8 Å². The second kappa shape index (κ2) is 8.47. The number of aryl methyl sites for hydroxylation is 1. The van der Waals surface area contributed by atoms with E-state index in [2.05, 4.69) is 50.4 Å². The Balaban J connectivity index is 1.59. The molecular formula is C26H29NO3. The van der Waals surface area contributed by atoms with Crippen LogP contribution >= 0.6 is 0 Å². The van der Waals surface area contributed by atoms with E-state index in [0.717, 1.165) is 28.1 Å². The van der Waals surface area contributed by atoms with Crippen LogP contribution in [0.3, 0.4) is 0 Å². The van der Waals surface area contributed by atoms with Gasteiger partial charge in [-0.25, -0.2) is 0 Å². The number of carbonyl (C=O) groups excluding carboxylic acids is 2. The van der Waals surface area contributed by atoms with E-state index < -0.39 is 0 Å². The second-order valence-electron chi connectivity index (χ2n) is 8.91. The summed E-state index contributed by atoms with van der Waals surface area (Å²) in [6.45, 7) is 6.95. The van der Waals surface area contributed by atoms with Gasteiger partial charge in [0.25, 0.3) is 0 Å². The molecule has 0 aromatic heterocycles. The van der Waals surface area contributed by atoms with Crippen molar-refractivity contribution in [2.45, 2.75) is 51.9 Å². The molecule has 0 radical (unpaired) electrons. The molecule has 2 aromatic rings. The SMILES string of the molecule is Cc1ccc(C2CC(=O)C3=C(C2)NC(=O)CC3c2ccc(OCC(C)C)cc2)cc1. The van der Waals surface area contributed by atoms with Gasteiger partial charge in [-0.05, 0) is 48.4 Å². The highest BCUT2D eigenvalue weighted by Gasteiger charge is 2.38. The van der Waals surface area contributed by atoms with E-state index in [9.17, 15) is 9.59 Å². The average molecular weight is 404 g/mol. The van der Waals surface area contributed by atoms with Gasteiger partial charge >= 0.3 is 0 Å². The fourth-order valence-electron chi connectivity index (χ4n) is 4.38. The first-order valence-corrected chi connectivity index (χ1v) is 10.8. The van der Waals surface area contributed by atoms with Crippen LogP contribution in [0.1, 0.15) is 61.6 Å². The molecule has 1 aliphatic heterocycles. The molecule has 0 bridgehead atoms. The smallest absolute Gasteiger partial charge is 0.225 e. The average Bonchev–Trinajstić information content (AvgIpc) is 2.72. The Labute approximate surface area is 178 Å². The topological polar surface area (TPSA) is 55.4 Å². The number of benzene rings is 2. The van der Waals surface area contributed by atoms with Gasteiger partial charge in [0.1, 0.15) is 5.75 Å². The summed E-state index contributed by atoms with van der Waals surface area (Å²) in [4.78, 5) is 25.6. The van der Waals surface area contributed by atoms with Gasteiger partial charge in [-0.3, -0.25) is 9.59 Å². The molecule has 2 aromatic carbocycles. The highest BCUT2D eigenvalue weighted by molar-refractivity contribution is 6.02. The third kappa shape index (κ3) is 4.33. The fraction of sp³-hybridized carbons (Fsp3) is 0.385. The molecule has 156 valence electrons. The van der Waals surface area contributed by atoms with Crippen molar-refractivity contribution < 1.29 is 14.3 Å². The van der Waals surface area contributed by atoms with Crippen LogP contribution in [0.15, 0.2) is 59.8 Å². The minimum Gasteiger partial charge on any atom is -0.493 e. The summed E-state index contributed by atoms with van der Waals surface area (Å²) in [7, 11) is 0. The van der Waals surface area contributed by atoms with E-state index in [1.807, 2.05) is 24.3 Å². The number of rotatable bonds is 5. The number of Topliss-reactive ketones (excluding diaryl/α,β-unsaturated/α-hetero) is 1. The molecule has 2 aliphatic rings. The van der Waals surface area contributed by atoms with Crippen LogP contribution in [0.25, 0.3) is 0 Å². The second-order valence-corrected chi connectivity index (χ2v) is 8.91. The lowest BCUT2D eigenvalue weighted by molar-refractivity contribution is -0.122. The van der Waals surface area contributed by atoms with Crippen molar-refractivity contribution in [3.05, 3.63) is 76.5 Å². The zero-order chi connectivity index (χ0) is 21.3. The van der Waals surface area contributed by atoms with Crippen molar-refractivity contribution in [2.24, 2.45) is 5.92 Å². The molecule has 1 amide bonds. The highest BCUT2D eigenvalue weighted by atomic mass is 16.5. The lowest BCUT2D eigenvalue weighted by Gasteiger charge is -2.34. The van der Waals surface area contributed by atoms with Gasteiger partial charge in [0, 0.05) is 30.0 Å². The van der Waals surface area contributed by atoms with Crippen LogP contribution in [-0.4, -0.2) is 18.3 Å². The molecule has 2 unspecified atom stereocenters. The van der Waals surface area contributed by atoms with Gasteiger partial charge in [0.05, 0.1) is 6.61 Å². The number of allylic oxidation sites excluding steroid dienone is 2. The molecule has 30 heavy (non-hydrogen) atoms. The third-order valence-electron chi connectivity index (χ3n) is 5.95. The molecule has 0 saturated carbocycles. The first-order valence-electron chi connectivity index (χ1n) is 10.8. The molecular weight excluding hydrogens is 374 g/mol. The number of amides is 1. The van der Waals surface area contributed by atoms with Crippen LogP contribution in [-0.2, 0) is 9.59 Å². The van der Waals surface area contributed by atoms with Crippen molar-refractivity contribution in [3.8, 4) is 5.75 Å². The summed E-state index contributed by atoms with van der Waals surface area (Å²) in [6.07, 6.45) is 1.50. The van der Waals surface area contributed by atoms with Crippen LogP contribution in [0, 0.1) is 12.8 Å². The number of hydrogen-bond acceptors (Lipinski definition) is 3. The molecule has 1 aliphatic carbocycles. The molecule has 0 fully saturated rings. The Kier molecular flexibility index (Phi) is 5.76.